The maximum absolute atomic E-state index is 11.9. The van der Waals surface area contributed by atoms with E-state index in [1.54, 1.807) is 30.3 Å². The van der Waals surface area contributed by atoms with Crippen LogP contribution in [-0.4, -0.2) is 11.0 Å². The summed E-state index contributed by atoms with van der Waals surface area (Å²) in [4.78, 5) is 11.9. The highest BCUT2D eigenvalue weighted by atomic mass is 16.3. The minimum Gasteiger partial charge on any atom is -0.507 e. The number of hydrogen-bond donors (Lipinski definition) is 3. The molecule has 0 saturated carbocycles. The number of benzene rings is 2. The number of carbonyl (C=O) groups is 1. The monoisotopic (exact) mass is 242 g/mol. The fourth-order valence-corrected chi connectivity index (χ4v) is 1.59. The molecule has 0 heterocycles. The Morgan fingerprint density at radius 2 is 1.78 bits per heavy atom. The number of anilines is 1. The predicted octanol–water partition coefficient (Wildman–Crippen LogP) is 2.10. The molecule has 0 radical (unpaired) electrons. The number of phenols is 1. The van der Waals surface area contributed by atoms with Crippen molar-refractivity contribution in [3.05, 3.63) is 59.7 Å². The fraction of sp³-hybridized carbons (Fsp3) is 0.0714. The summed E-state index contributed by atoms with van der Waals surface area (Å²) in [6.07, 6.45) is 0. The van der Waals surface area contributed by atoms with Crippen molar-refractivity contribution in [3.63, 3.8) is 0 Å². The minimum absolute atomic E-state index is 0.0337. The van der Waals surface area contributed by atoms with Gasteiger partial charge in [-0.1, -0.05) is 24.3 Å². The quantitative estimate of drug-likeness (QED) is 0.771. The average molecular weight is 242 g/mol. The minimum atomic E-state index is -0.339. The lowest BCUT2D eigenvalue weighted by molar-refractivity contribution is 0.102. The number of phenolic OH excluding ortho intramolecular Hbond substituents is 1. The number of amides is 1. The van der Waals surface area contributed by atoms with E-state index in [2.05, 4.69) is 5.32 Å². The molecule has 2 rings (SSSR count). The Morgan fingerprint density at radius 1 is 1.11 bits per heavy atom. The van der Waals surface area contributed by atoms with Crippen LogP contribution < -0.4 is 11.1 Å². The molecule has 4 N–H and O–H groups in total. The summed E-state index contributed by atoms with van der Waals surface area (Å²) >= 11 is 0. The lowest BCUT2D eigenvalue weighted by atomic mass is 10.1. The van der Waals surface area contributed by atoms with Crippen LogP contribution in [-0.2, 0) is 6.54 Å². The Labute approximate surface area is 105 Å². The predicted molar refractivity (Wildman–Crippen MR) is 70.4 cm³/mol. The van der Waals surface area contributed by atoms with E-state index in [0.717, 1.165) is 5.56 Å². The number of hydrogen-bond acceptors (Lipinski definition) is 3. The van der Waals surface area contributed by atoms with Crippen LogP contribution in [0.25, 0.3) is 0 Å². The van der Waals surface area contributed by atoms with Crippen molar-refractivity contribution in [2.24, 2.45) is 5.73 Å². The Bertz CT molecular complexity index is 550. The average Bonchev–Trinajstić information content (AvgIpc) is 2.40. The molecule has 1 amide bonds. The molecule has 0 aliphatic heterocycles. The van der Waals surface area contributed by atoms with E-state index in [1.807, 2.05) is 12.1 Å². The van der Waals surface area contributed by atoms with E-state index in [4.69, 9.17) is 5.73 Å². The van der Waals surface area contributed by atoms with Crippen LogP contribution in [0.2, 0.25) is 0 Å². The number of para-hydroxylation sites is 1. The third kappa shape index (κ3) is 2.67. The highest BCUT2D eigenvalue weighted by molar-refractivity contribution is 6.06. The molecule has 4 heteroatoms. The summed E-state index contributed by atoms with van der Waals surface area (Å²) in [5.74, 6) is -0.373. The molecule has 0 spiro atoms. The van der Waals surface area contributed by atoms with Crippen molar-refractivity contribution in [1.82, 2.24) is 0 Å². The van der Waals surface area contributed by atoms with Gasteiger partial charge in [-0.2, -0.15) is 0 Å². The third-order valence-electron chi connectivity index (χ3n) is 2.60. The first-order valence-corrected chi connectivity index (χ1v) is 5.59. The van der Waals surface area contributed by atoms with Crippen LogP contribution in [0.4, 0.5) is 5.69 Å². The van der Waals surface area contributed by atoms with Crippen LogP contribution in [0.3, 0.4) is 0 Å². The largest absolute Gasteiger partial charge is 0.507 e. The van der Waals surface area contributed by atoms with Crippen molar-refractivity contribution in [3.8, 4) is 5.75 Å². The van der Waals surface area contributed by atoms with Crippen LogP contribution in [0.5, 0.6) is 5.75 Å². The molecule has 0 bridgehead atoms. The van der Waals surface area contributed by atoms with Gasteiger partial charge in [0.1, 0.15) is 5.75 Å². The van der Waals surface area contributed by atoms with Gasteiger partial charge >= 0.3 is 0 Å². The Balaban J connectivity index is 2.14. The summed E-state index contributed by atoms with van der Waals surface area (Å²) in [7, 11) is 0. The molecule has 0 saturated heterocycles. The molecule has 2 aromatic carbocycles. The van der Waals surface area contributed by atoms with Gasteiger partial charge in [0.25, 0.3) is 5.91 Å². The third-order valence-corrected chi connectivity index (χ3v) is 2.60. The smallest absolute Gasteiger partial charge is 0.259 e. The van der Waals surface area contributed by atoms with Gasteiger partial charge in [-0.25, -0.2) is 0 Å². The topological polar surface area (TPSA) is 75.3 Å². The van der Waals surface area contributed by atoms with Gasteiger partial charge in [0.15, 0.2) is 0 Å². The van der Waals surface area contributed by atoms with Crippen LogP contribution in [0.1, 0.15) is 15.9 Å². The molecule has 18 heavy (non-hydrogen) atoms. The normalized spacial score (nSPS) is 10.1. The maximum Gasteiger partial charge on any atom is 0.259 e. The molecule has 0 fully saturated rings. The Hall–Kier alpha value is -2.33. The van der Waals surface area contributed by atoms with E-state index in [1.165, 1.54) is 6.07 Å². The van der Waals surface area contributed by atoms with Crippen LogP contribution in [0.15, 0.2) is 48.5 Å². The van der Waals surface area contributed by atoms with Crippen molar-refractivity contribution in [2.45, 2.75) is 6.54 Å². The summed E-state index contributed by atoms with van der Waals surface area (Å²) < 4.78 is 0. The maximum atomic E-state index is 11.9. The van der Waals surface area contributed by atoms with E-state index >= 15 is 0 Å². The van der Waals surface area contributed by atoms with Gasteiger partial charge in [-0.3, -0.25) is 4.79 Å². The lowest BCUT2D eigenvalue weighted by Crippen LogP contribution is -2.12. The fourth-order valence-electron chi connectivity index (χ4n) is 1.59. The van der Waals surface area contributed by atoms with Crippen LogP contribution in [0, 0.1) is 0 Å². The number of nitrogens with one attached hydrogen (secondary N) is 1. The molecule has 0 aromatic heterocycles. The number of aromatic hydroxyl groups is 1. The molecule has 4 nitrogen and oxygen atoms in total. The van der Waals surface area contributed by atoms with Gasteiger partial charge in [0, 0.05) is 12.2 Å². The van der Waals surface area contributed by atoms with Crippen LogP contribution >= 0.6 is 0 Å². The number of nitrogens with two attached hydrogens (primary N) is 1. The van der Waals surface area contributed by atoms with Gasteiger partial charge < -0.3 is 16.2 Å². The second-order valence-corrected chi connectivity index (χ2v) is 3.87. The second kappa shape index (κ2) is 5.33. The summed E-state index contributed by atoms with van der Waals surface area (Å²) in [5, 5.41) is 12.3. The van der Waals surface area contributed by atoms with E-state index in [-0.39, 0.29) is 17.2 Å². The summed E-state index contributed by atoms with van der Waals surface area (Å²) in [6, 6.07) is 13.7. The molecule has 0 unspecified atom stereocenters. The number of rotatable bonds is 3. The van der Waals surface area contributed by atoms with Crippen molar-refractivity contribution >= 4 is 11.6 Å². The zero-order valence-corrected chi connectivity index (χ0v) is 9.76. The number of carbonyl (C=O) groups excluding carboxylic acids is 1. The highest BCUT2D eigenvalue weighted by Crippen LogP contribution is 2.18. The van der Waals surface area contributed by atoms with Gasteiger partial charge in [-0.15, -0.1) is 0 Å². The van der Waals surface area contributed by atoms with Gasteiger partial charge in [0.2, 0.25) is 0 Å². The standard InChI is InChI=1S/C14H14N2O2/c15-9-10-5-7-11(8-6-10)16-14(18)12-3-1-2-4-13(12)17/h1-8,17H,9,15H2,(H,16,18). The molecule has 0 aliphatic carbocycles. The first-order chi connectivity index (χ1) is 8.70. The first kappa shape index (κ1) is 12.1. The first-order valence-electron chi connectivity index (χ1n) is 5.59. The Morgan fingerprint density at radius 3 is 2.39 bits per heavy atom. The molecule has 92 valence electrons. The van der Waals surface area contributed by atoms with Crippen molar-refractivity contribution in [2.75, 3.05) is 5.32 Å². The molecular formula is C14H14N2O2. The second-order valence-electron chi connectivity index (χ2n) is 3.87. The Kier molecular flexibility index (Phi) is 3.60. The molecule has 0 aliphatic rings. The summed E-state index contributed by atoms with van der Waals surface area (Å²) in [6.45, 7) is 0.466. The SMILES string of the molecule is NCc1ccc(NC(=O)c2ccccc2O)cc1. The molecule has 2 aromatic rings. The highest BCUT2D eigenvalue weighted by Gasteiger charge is 2.09. The van der Waals surface area contributed by atoms with E-state index in [9.17, 15) is 9.90 Å². The van der Waals surface area contributed by atoms with E-state index in [0.29, 0.717) is 12.2 Å². The van der Waals surface area contributed by atoms with E-state index < -0.39 is 0 Å². The zero-order chi connectivity index (χ0) is 13.0. The van der Waals surface area contributed by atoms with Crippen molar-refractivity contribution in [1.29, 1.82) is 0 Å². The summed E-state index contributed by atoms with van der Waals surface area (Å²) in [5.41, 5.74) is 7.41. The van der Waals surface area contributed by atoms with Crippen molar-refractivity contribution < 1.29 is 9.90 Å². The molecular weight excluding hydrogens is 228 g/mol. The van der Waals surface area contributed by atoms with Gasteiger partial charge in [0.05, 0.1) is 5.56 Å². The lowest BCUT2D eigenvalue weighted by Gasteiger charge is -2.07. The molecule has 0 atom stereocenters. The zero-order valence-electron chi connectivity index (χ0n) is 9.76. The van der Waals surface area contributed by atoms with Gasteiger partial charge in [-0.05, 0) is 29.8 Å².